The van der Waals surface area contributed by atoms with Gasteiger partial charge in [-0.2, -0.15) is 0 Å². The van der Waals surface area contributed by atoms with Crippen LogP contribution < -0.4 is 9.47 Å². The maximum atomic E-state index is 12.5. The van der Waals surface area contributed by atoms with E-state index in [1.54, 1.807) is 7.11 Å². The van der Waals surface area contributed by atoms with Gasteiger partial charge in [0.15, 0.2) is 17.2 Å². The molecule has 150 valence electrons. The van der Waals surface area contributed by atoms with Crippen LogP contribution in [0.5, 0.6) is 17.2 Å². The molecule has 5 rings (SSSR count). The largest absolute Gasteiger partial charge is 0.493 e. The molecule has 2 aliphatic heterocycles. The van der Waals surface area contributed by atoms with Gasteiger partial charge in [-0.1, -0.05) is 18.2 Å². The Morgan fingerprint density at radius 1 is 1.07 bits per heavy atom. The average molecular weight is 391 g/mol. The van der Waals surface area contributed by atoms with Gasteiger partial charge in [-0.15, -0.1) is 0 Å². The molecule has 2 aromatic rings. The second kappa shape index (κ2) is 7.43. The third kappa shape index (κ3) is 3.43. The highest BCUT2D eigenvalue weighted by molar-refractivity contribution is 6.04. The molecule has 0 unspecified atom stereocenters. The number of nitrogens with zero attached hydrogens (tertiary/aromatic N) is 3. The van der Waals surface area contributed by atoms with Crippen molar-refractivity contribution in [2.75, 3.05) is 33.3 Å². The number of hydrogen-bond acceptors (Lipinski definition) is 5. The molecule has 0 aromatic heterocycles. The molecule has 2 aromatic carbocycles. The van der Waals surface area contributed by atoms with Gasteiger partial charge in [0.1, 0.15) is 11.5 Å². The van der Waals surface area contributed by atoms with E-state index in [1.165, 1.54) is 0 Å². The van der Waals surface area contributed by atoms with Gasteiger partial charge in [-0.05, 0) is 43.5 Å². The zero-order valence-electron chi connectivity index (χ0n) is 16.6. The molecular formula is C23H25N3O3. The molecule has 1 aliphatic carbocycles. The normalized spacial score (nSPS) is 18.6. The van der Waals surface area contributed by atoms with Crippen LogP contribution in [0.25, 0.3) is 0 Å². The lowest BCUT2D eigenvalue weighted by Gasteiger charge is -2.25. The van der Waals surface area contributed by atoms with Crippen LogP contribution in [0, 0.1) is 5.92 Å². The lowest BCUT2D eigenvalue weighted by Crippen LogP contribution is -2.38. The van der Waals surface area contributed by atoms with Gasteiger partial charge in [0, 0.05) is 32.1 Å². The monoisotopic (exact) mass is 391 g/mol. The van der Waals surface area contributed by atoms with Crippen LogP contribution in [0.3, 0.4) is 0 Å². The smallest absolute Gasteiger partial charge is 0.225 e. The van der Waals surface area contributed by atoms with E-state index in [-0.39, 0.29) is 5.92 Å². The standard InChI is InChI=1S/C23H25N3O3/c1-28-20-9-4-6-17-21(20)29-19-8-3-2-7-18(19)24-22(17)25-12-5-13-26(15-14-25)23(27)16-10-11-16/h2-4,6-9,16H,5,10-15H2,1H3. The molecule has 3 aliphatic rings. The van der Waals surface area contributed by atoms with Crippen molar-refractivity contribution in [2.24, 2.45) is 10.9 Å². The Morgan fingerprint density at radius 3 is 2.76 bits per heavy atom. The topological polar surface area (TPSA) is 54.4 Å². The van der Waals surface area contributed by atoms with Crippen LogP contribution in [0.4, 0.5) is 5.69 Å². The summed E-state index contributed by atoms with van der Waals surface area (Å²) in [6.45, 7) is 3.16. The van der Waals surface area contributed by atoms with E-state index in [1.807, 2.05) is 47.4 Å². The third-order valence-electron chi connectivity index (χ3n) is 5.78. The minimum Gasteiger partial charge on any atom is -0.493 e. The summed E-state index contributed by atoms with van der Waals surface area (Å²) in [4.78, 5) is 21.8. The van der Waals surface area contributed by atoms with Gasteiger partial charge in [-0.25, -0.2) is 4.99 Å². The van der Waals surface area contributed by atoms with E-state index < -0.39 is 0 Å². The third-order valence-corrected chi connectivity index (χ3v) is 5.78. The lowest BCUT2D eigenvalue weighted by atomic mass is 10.1. The first-order valence-corrected chi connectivity index (χ1v) is 10.3. The molecule has 0 radical (unpaired) electrons. The molecule has 1 amide bonds. The number of aliphatic imine (C=N–C) groups is 1. The number of fused-ring (bicyclic) bond motifs is 2. The highest BCUT2D eigenvalue weighted by atomic mass is 16.5. The molecule has 6 heteroatoms. The lowest BCUT2D eigenvalue weighted by molar-refractivity contribution is -0.132. The molecule has 0 bridgehead atoms. The summed E-state index contributed by atoms with van der Waals surface area (Å²) >= 11 is 0. The average Bonchev–Trinajstić information content (AvgIpc) is 3.60. The van der Waals surface area contributed by atoms with Crippen molar-refractivity contribution in [3.63, 3.8) is 0 Å². The van der Waals surface area contributed by atoms with Crippen molar-refractivity contribution >= 4 is 17.4 Å². The van der Waals surface area contributed by atoms with E-state index in [2.05, 4.69) is 4.90 Å². The van der Waals surface area contributed by atoms with Crippen molar-refractivity contribution in [3.05, 3.63) is 48.0 Å². The van der Waals surface area contributed by atoms with Crippen LogP contribution >= 0.6 is 0 Å². The van der Waals surface area contributed by atoms with E-state index in [0.717, 1.165) is 62.5 Å². The second-order valence-electron chi connectivity index (χ2n) is 7.78. The summed E-state index contributed by atoms with van der Waals surface area (Å²) in [5.41, 5.74) is 1.72. The fraction of sp³-hybridized carbons (Fsp3) is 0.391. The number of methoxy groups -OCH3 is 1. The molecular weight excluding hydrogens is 366 g/mol. The highest BCUT2D eigenvalue weighted by Gasteiger charge is 2.34. The van der Waals surface area contributed by atoms with Crippen molar-refractivity contribution < 1.29 is 14.3 Å². The van der Waals surface area contributed by atoms with Crippen LogP contribution in [0.1, 0.15) is 24.8 Å². The Morgan fingerprint density at radius 2 is 1.93 bits per heavy atom. The Balaban J connectivity index is 1.51. The predicted molar refractivity (Wildman–Crippen MR) is 111 cm³/mol. The Bertz CT molecular complexity index is 968. The maximum absolute atomic E-state index is 12.5. The van der Waals surface area contributed by atoms with Crippen LogP contribution in [-0.4, -0.2) is 54.8 Å². The fourth-order valence-corrected chi connectivity index (χ4v) is 4.06. The van der Waals surface area contributed by atoms with Gasteiger partial charge in [-0.3, -0.25) is 4.79 Å². The number of amidine groups is 1. The van der Waals surface area contributed by atoms with Crippen molar-refractivity contribution in [1.82, 2.24) is 9.80 Å². The summed E-state index contributed by atoms with van der Waals surface area (Å²) in [6.07, 6.45) is 3.03. The van der Waals surface area contributed by atoms with Crippen LogP contribution in [0.15, 0.2) is 47.5 Å². The Hall–Kier alpha value is -3.02. The summed E-state index contributed by atoms with van der Waals surface area (Å²) in [7, 11) is 1.65. The van der Waals surface area contributed by atoms with Gasteiger partial charge in [0.05, 0.1) is 12.7 Å². The van der Waals surface area contributed by atoms with Crippen molar-refractivity contribution in [2.45, 2.75) is 19.3 Å². The summed E-state index contributed by atoms with van der Waals surface area (Å²) in [6, 6.07) is 13.7. The minimum absolute atomic E-state index is 0.266. The molecule has 29 heavy (non-hydrogen) atoms. The molecule has 1 saturated carbocycles. The highest BCUT2D eigenvalue weighted by Crippen LogP contribution is 2.42. The van der Waals surface area contributed by atoms with Crippen LogP contribution in [0.2, 0.25) is 0 Å². The zero-order valence-corrected chi connectivity index (χ0v) is 16.6. The number of carbonyl (C=O) groups excluding carboxylic acids is 1. The first-order valence-electron chi connectivity index (χ1n) is 10.3. The first kappa shape index (κ1) is 18.0. The van der Waals surface area contributed by atoms with Gasteiger partial charge in [0.2, 0.25) is 5.91 Å². The number of amides is 1. The van der Waals surface area contributed by atoms with E-state index in [9.17, 15) is 4.79 Å². The van der Waals surface area contributed by atoms with Crippen LogP contribution in [-0.2, 0) is 4.79 Å². The minimum atomic E-state index is 0.266. The van der Waals surface area contributed by atoms with E-state index >= 15 is 0 Å². The molecule has 0 N–H and O–H groups in total. The summed E-state index contributed by atoms with van der Waals surface area (Å²) < 4.78 is 11.8. The van der Waals surface area contributed by atoms with Crippen molar-refractivity contribution in [1.29, 1.82) is 0 Å². The molecule has 1 saturated heterocycles. The number of carbonyl (C=O) groups is 1. The van der Waals surface area contributed by atoms with E-state index in [0.29, 0.717) is 23.2 Å². The first-order chi connectivity index (χ1) is 14.2. The fourth-order valence-electron chi connectivity index (χ4n) is 4.06. The molecule has 6 nitrogen and oxygen atoms in total. The quantitative estimate of drug-likeness (QED) is 0.781. The second-order valence-corrected chi connectivity index (χ2v) is 7.78. The molecule has 2 fully saturated rings. The van der Waals surface area contributed by atoms with Gasteiger partial charge in [0.25, 0.3) is 0 Å². The number of rotatable bonds is 2. The number of benzene rings is 2. The van der Waals surface area contributed by atoms with E-state index in [4.69, 9.17) is 14.5 Å². The van der Waals surface area contributed by atoms with Crippen molar-refractivity contribution in [3.8, 4) is 17.2 Å². The summed E-state index contributed by atoms with van der Waals surface area (Å²) in [5, 5.41) is 0. The molecule has 0 spiro atoms. The number of hydrogen-bond donors (Lipinski definition) is 0. The van der Waals surface area contributed by atoms with Gasteiger partial charge < -0.3 is 19.3 Å². The maximum Gasteiger partial charge on any atom is 0.225 e. The Labute approximate surface area is 170 Å². The predicted octanol–water partition coefficient (Wildman–Crippen LogP) is 3.82. The number of ether oxygens (including phenoxy) is 2. The van der Waals surface area contributed by atoms with Gasteiger partial charge >= 0.3 is 0 Å². The zero-order chi connectivity index (χ0) is 19.8. The Kier molecular flexibility index (Phi) is 4.62. The molecule has 0 atom stereocenters. The SMILES string of the molecule is COc1cccc2c1Oc1ccccc1N=C2N1CCCN(C(=O)C2CC2)CC1. The summed E-state index contributed by atoms with van der Waals surface area (Å²) in [5.74, 6) is 3.56. The number of para-hydroxylation sites is 3. The molecule has 2 heterocycles.